The Bertz CT molecular complexity index is 462. The molecule has 0 saturated heterocycles. The van der Waals surface area contributed by atoms with E-state index in [0.717, 1.165) is 30.6 Å². The van der Waals surface area contributed by atoms with Crippen LogP contribution >= 0.6 is 0 Å². The fraction of sp³-hybridized carbons (Fsp3) is 0.583. The Morgan fingerprint density at radius 3 is 2.16 bits per heavy atom. The Labute approximate surface area is 156 Å². The Kier molecular flexibility index (Phi) is 11.0. The first-order chi connectivity index (χ1) is 12.1. The first-order valence-corrected chi connectivity index (χ1v) is 10.1. The molecule has 1 aliphatic carbocycles. The van der Waals surface area contributed by atoms with Crippen LogP contribution in [0.3, 0.4) is 0 Å². The fourth-order valence-electron chi connectivity index (χ4n) is 2.77. The second-order valence-electron chi connectivity index (χ2n) is 7.32. The number of allylic oxidation sites excluding steroid dienone is 5. The van der Waals surface area contributed by atoms with Gasteiger partial charge in [-0.05, 0) is 50.5 Å². The summed E-state index contributed by atoms with van der Waals surface area (Å²) in [5, 5.41) is 0. The summed E-state index contributed by atoms with van der Waals surface area (Å²) in [5.41, 5.74) is 1.31. The molecular weight excluding hydrogens is 304 g/mol. The lowest BCUT2D eigenvalue weighted by molar-refractivity contribution is 0.230. The monoisotopic (exact) mass is 342 g/mol. The minimum absolute atomic E-state index is 0.405. The van der Waals surface area contributed by atoms with Gasteiger partial charge in [-0.2, -0.15) is 0 Å². The summed E-state index contributed by atoms with van der Waals surface area (Å²) < 4.78 is 5.55. The molecule has 0 radical (unpaired) electrons. The number of ether oxygens (including phenoxy) is 1. The van der Waals surface area contributed by atoms with Crippen LogP contribution in [-0.4, -0.2) is 6.61 Å². The van der Waals surface area contributed by atoms with E-state index in [9.17, 15) is 0 Å². The second-order valence-corrected chi connectivity index (χ2v) is 7.32. The molecule has 0 bridgehead atoms. The summed E-state index contributed by atoms with van der Waals surface area (Å²) in [5.74, 6) is 0.858. The zero-order chi connectivity index (χ0) is 18.4. The average Bonchev–Trinajstić information content (AvgIpc) is 3.39. The Morgan fingerprint density at radius 2 is 1.60 bits per heavy atom. The van der Waals surface area contributed by atoms with Crippen LogP contribution in [-0.2, 0) is 4.74 Å². The van der Waals surface area contributed by atoms with Gasteiger partial charge in [-0.1, -0.05) is 76.3 Å². The molecule has 25 heavy (non-hydrogen) atoms. The molecule has 0 N–H and O–H groups in total. The highest BCUT2D eigenvalue weighted by molar-refractivity contribution is 5.20. The molecule has 0 spiro atoms. The lowest BCUT2D eigenvalue weighted by Crippen LogP contribution is -1.95. The summed E-state index contributed by atoms with van der Waals surface area (Å²) >= 11 is 0. The third-order valence-corrected chi connectivity index (χ3v) is 4.78. The van der Waals surface area contributed by atoms with Crippen molar-refractivity contribution in [3.8, 4) is 0 Å². The predicted molar refractivity (Wildman–Crippen MR) is 112 cm³/mol. The largest absolute Gasteiger partial charge is 0.494 e. The van der Waals surface area contributed by atoms with Gasteiger partial charge in [0.05, 0.1) is 5.76 Å². The zero-order valence-corrected chi connectivity index (χ0v) is 16.4. The molecule has 0 aromatic heterocycles. The molecule has 1 saturated carbocycles. The Hall–Kier alpha value is -1.50. The van der Waals surface area contributed by atoms with Crippen LogP contribution in [0.25, 0.3) is 0 Å². The van der Waals surface area contributed by atoms with Gasteiger partial charge in [-0.25, -0.2) is 0 Å². The summed E-state index contributed by atoms with van der Waals surface area (Å²) in [6.07, 6.45) is 25.1. The van der Waals surface area contributed by atoms with E-state index < -0.39 is 0 Å². The van der Waals surface area contributed by atoms with E-state index in [0.29, 0.717) is 12.0 Å². The van der Waals surface area contributed by atoms with Crippen LogP contribution < -0.4 is 0 Å². The van der Waals surface area contributed by atoms with Crippen molar-refractivity contribution < 1.29 is 4.74 Å². The number of hydrogen-bond acceptors (Lipinski definition) is 1. The fourth-order valence-corrected chi connectivity index (χ4v) is 2.77. The summed E-state index contributed by atoms with van der Waals surface area (Å²) in [7, 11) is 0. The number of rotatable bonds is 16. The molecule has 140 valence electrons. The van der Waals surface area contributed by atoms with E-state index >= 15 is 0 Å². The Morgan fingerprint density at radius 1 is 0.960 bits per heavy atom. The molecule has 1 fully saturated rings. The topological polar surface area (TPSA) is 9.23 Å². The van der Waals surface area contributed by atoms with Crippen molar-refractivity contribution in [2.75, 3.05) is 6.61 Å². The van der Waals surface area contributed by atoms with Gasteiger partial charge in [0.1, 0.15) is 6.61 Å². The maximum absolute atomic E-state index is 5.55. The molecule has 0 heterocycles. The van der Waals surface area contributed by atoms with Gasteiger partial charge in [0, 0.05) is 11.8 Å². The first-order valence-electron chi connectivity index (χ1n) is 10.1. The zero-order valence-electron chi connectivity index (χ0n) is 16.4. The molecular formula is C24H38O. The van der Waals surface area contributed by atoms with Crippen molar-refractivity contribution in [1.29, 1.82) is 0 Å². The van der Waals surface area contributed by atoms with Crippen LogP contribution in [0.2, 0.25) is 0 Å². The Balaban J connectivity index is 2.07. The summed E-state index contributed by atoms with van der Waals surface area (Å²) in [6.45, 7) is 14.2. The minimum atomic E-state index is 0.405. The van der Waals surface area contributed by atoms with Crippen LogP contribution in [0.1, 0.15) is 77.6 Å². The van der Waals surface area contributed by atoms with Crippen molar-refractivity contribution in [3.05, 3.63) is 61.4 Å². The highest BCUT2D eigenvalue weighted by Gasteiger charge is 2.36. The van der Waals surface area contributed by atoms with Gasteiger partial charge in [0.2, 0.25) is 0 Å². The van der Waals surface area contributed by atoms with Gasteiger partial charge >= 0.3 is 0 Å². The molecule has 0 aromatic rings. The quantitative estimate of drug-likeness (QED) is 0.121. The van der Waals surface area contributed by atoms with Crippen molar-refractivity contribution in [2.45, 2.75) is 77.6 Å². The SMILES string of the molecule is C=CC(=C)COC(=C)CCCC/C=C\C1(/C=C\CCCCCC)CC1. The third-order valence-electron chi connectivity index (χ3n) is 4.78. The average molecular weight is 343 g/mol. The van der Waals surface area contributed by atoms with E-state index in [1.165, 1.54) is 51.4 Å². The standard InChI is InChI=1S/C24H38O/c1-5-7-8-9-11-14-17-24(19-20-24)18-15-12-10-13-16-23(4)25-21-22(3)6-2/h6,14-15,17-18H,2-5,7-13,16,19-21H2,1H3/b17-14-,18-15-. The molecule has 1 heteroatoms. The second kappa shape index (κ2) is 12.8. The lowest BCUT2D eigenvalue weighted by atomic mass is 10.0. The molecule has 0 aliphatic heterocycles. The van der Waals surface area contributed by atoms with Crippen molar-refractivity contribution >= 4 is 0 Å². The van der Waals surface area contributed by atoms with Gasteiger partial charge in [0.25, 0.3) is 0 Å². The van der Waals surface area contributed by atoms with E-state index in [-0.39, 0.29) is 0 Å². The van der Waals surface area contributed by atoms with E-state index in [1.807, 2.05) is 0 Å². The lowest BCUT2D eigenvalue weighted by Gasteiger charge is -2.08. The van der Waals surface area contributed by atoms with Crippen molar-refractivity contribution in [2.24, 2.45) is 5.41 Å². The van der Waals surface area contributed by atoms with Crippen LogP contribution in [0.4, 0.5) is 0 Å². The van der Waals surface area contributed by atoms with Crippen LogP contribution in [0.5, 0.6) is 0 Å². The maximum atomic E-state index is 5.55. The summed E-state index contributed by atoms with van der Waals surface area (Å²) in [4.78, 5) is 0. The van der Waals surface area contributed by atoms with E-state index in [1.54, 1.807) is 6.08 Å². The predicted octanol–water partition coefficient (Wildman–Crippen LogP) is 7.68. The van der Waals surface area contributed by atoms with Crippen molar-refractivity contribution in [3.63, 3.8) is 0 Å². The summed E-state index contributed by atoms with van der Waals surface area (Å²) in [6, 6.07) is 0. The van der Waals surface area contributed by atoms with Gasteiger partial charge in [-0.15, -0.1) is 0 Å². The highest BCUT2D eigenvalue weighted by Crippen LogP contribution is 2.48. The maximum Gasteiger partial charge on any atom is 0.112 e. The van der Waals surface area contributed by atoms with Gasteiger partial charge in [0.15, 0.2) is 0 Å². The molecule has 0 aromatic carbocycles. The molecule has 0 unspecified atom stereocenters. The van der Waals surface area contributed by atoms with Crippen molar-refractivity contribution in [1.82, 2.24) is 0 Å². The molecule has 1 rings (SSSR count). The van der Waals surface area contributed by atoms with Gasteiger partial charge in [-0.3, -0.25) is 0 Å². The normalized spacial score (nSPS) is 15.6. The van der Waals surface area contributed by atoms with Crippen LogP contribution in [0, 0.1) is 5.41 Å². The molecule has 0 atom stereocenters. The van der Waals surface area contributed by atoms with E-state index in [2.05, 4.69) is 51.0 Å². The minimum Gasteiger partial charge on any atom is -0.494 e. The van der Waals surface area contributed by atoms with Crippen LogP contribution in [0.15, 0.2) is 61.4 Å². The molecule has 0 amide bonds. The smallest absolute Gasteiger partial charge is 0.112 e. The van der Waals surface area contributed by atoms with Gasteiger partial charge < -0.3 is 4.74 Å². The molecule has 1 nitrogen and oxygen atoms in total. The highest BCUT2D eigenvalue weighted by atomic mass is 16.5. The molecule has 1 aliphatic rings. The number of unbranched alkanes of at least 4 members (excludes halogenated alkanes) is 6. The third kappa shape index (κ3) is 10.9. The van der Waals surface area contributed by atoms with E-state index in [4.69, 9.17) is 4.74 Å². The first kappa shape index (κ1) is 21.5. The number of hydrogen-bond donors (Lipinski definition) is 0.